The Morgan fingerprint density at radius 1 is 1.25 bits per heavy atom. The lowest BCUT2D eigenvalue weighted by Crippen LogP contribution is -2.30. The molecular weight excluding hydrogens is 217 g/mol. The lowest BCUT2D eigenvalue weighted by molar-refractivity contribution is 0.431. The van der Waals surface area contributed by atoms with Gasteiger partial charge in [-0.1, -0.05) is 12.8 Å². The number of benzene rings is 1. The van der Waals surface area contributed by atoms with Crippen molar-refractivity contribution in [1.29, 1.82) is 0 Å². The summed E-state index contributed by atoms with van der Waals surface area (Å²) in [6.45, 7) is 0. The van der Waals surface area contributed by atoms with Gasteiger partial charge in [-0.25, -0.2) is 13.2 Å². The molecule has 16 heavy (non-hydrogen) atoms. The number of halogens is 3. The first-order valence-electron chi connectivity index (χ1n) is 5.22. The molecule has 1 aromatic carbocycles. The third-order valence-corrected chi connectivity index (χ3v) is 2.86. The van der Waals surface area contributed by atoms with E-state index < -0.39 is 23.5 Å². The van der Waals surface area contributed by atoms with Crippen LogP contribution in [0.5, 0.6) is 0 Å². The normalized spacial score (nSPS) is 17.5. The van der Waals surface area contributed by atoms with Crippen LogP contribution in [0.25, 0.3) is 0 Å². The summed E-state index contributed by atoms with van der Waals surface area (Å²) in [7, 11) is 0. The largest absolute Gasteiger partial charge is 0.271 e. The number of rotatable bonds is 4. The van der Waals surface area contributed by atoms with Crippen LogP contribution in [0.15, 0.2) is 12.1 Å². The van der Waals surface area contributed by atoms with Gasteiger partial charge in [-0.05, 0) is 12.3 Å². The fraction of sp³-hybridized carbons (Fsp3) is 0.455. The molecule has 0 amide bonds. The number of hydrogen-bond acceptors (Lipinski definition) is 2. The molecule has 1 fully saturated rings. The van der Waals surface area contributed by atoms with E-state index in [-0.39, 0.29) is 5.56 Å². The average Bonchev–Trinajstić information content (AvgIpc) is 2.98. The Kier molecular flexibility index (Phi) is 3.16. The molecule has 0 radical (unpaired) electrons. The molecule has 1 aliphatic carbocycles. The van der Waals surface area contributed by atoms with Gasteiger partial charge in [0.25, 0.3) is 0 Å². The van der Waals surface area contributed by atoms with E-state index in [9.17, 15) is 13.2 Å². The van der Waals surface area contributed by atoms with Crippen LogP contribution >= 0.6 is 0 Å². The lowest BCUT2D eigenvalue weighted by Gasteiger charge is -2.17. The minimum Gasteiger partial charge on any atom is -0.271 e. The zero-order valence-corrected chi connectivity index (χ0v) is 8.64. The molecule has 1 saturated carbocycles. The first-order valence-corrected chi connectivity index (χ1v) is 5.22. The minimum absolute atomic E-state index is 0.171. The van der Waals surface area contributed by atoms with Crippen LogP contribution in [0.3, 0.4) is 0 Å². The molecular formula is C11H13F3N2. The van der Waals surface area contributed by atoms with Crippen molar-refractivity contribution in [3.8, 4) is 0 Å². The molecule has 1 aromatic rings. The zero-order chi connectivity index (χ0) is 11.7. The Labute approximate surface area is 91.6 Å². The third-order valence-electron chi connectivity index (χ3n) is 2.86. The van der Waals surface area contributed by atoms with Gasteiger partial charge in [0.15, 0.2) is 0 Å². The van der Waals surface area contributed by atoms with E-state index in [0.717, 1.165) is 12.8 Å². The molecule has 2 nitrogen and oxygen atoms in total. The standard InChI is InChI=1S/C11H13F3N2/c12-7-4-8(13)11(9(14)5-7)10(16-15)3-6-1-2-6/h4-6,10,16H,1-3,15H2. The molecule has 1 atom stereocenters. The highest BCUT2D eigenvalue weighted by atomic mass is 19.1. The zero-order valence-electron chi connectivity index (χ0n) is 8.64. The second kappa shape index (κ2) is 4.43. The average molecular weight is 230 g/mol. The topological polar surface area (TPSA) is 38.0 Å². The minimum atomic E-state index is -0.916. The fourth-order valence-corrected chi connectivity index (χ4v) is 1.84. The summed E-state index contributed by atoms with van der Waals surface area (Å²) < 4.78 is 39.6. The molecule has 0 aromatic heterocycles. The highest BCUT2D eigenvalue weighted by Crippen LogP contribution is 2.38. The molecule has 3 N–H and O–H groups in total. The van der Waals surface area contributed by atoms with E-state index in [4.69, 9.17) is 5.84 Å². The second-order valence-electron chi connectivity index (χ2n) is 4.18. The van der Waals surface area contributed by atoms with Gasteiger partial charge in [0, 0.05) is 17.7 Å². The summed E-state index contributed by atoms with van der Waals surface area (Å²) in [6, 6.07) is 0.763. The van der Waals surface area contributed by atoms with Gasteiger partial charge in [0.1, 0.15) is 17.5 Å². The van der Waals surface area contributed by atoms with Gasteiger partial charge in [-0.2, -0.15) is 0 Å². The number of hydrogen-bond donors (Lipinski definition) is 2. The summed E-state index contributed by atoms with van der Waals surface area (Å²) in [4.78, 5) is 0. The predicted octanol–water partition coefficient (Wildman–Crippen LogP) is 2.41. The summed E-state index contributed by atoms with van der Waals surface area (Å²) in [6.07, 6.45) is 2.70. The Hall–Kier alpha value is -1.07. The molecule has 0 saturated heterocycles. The molecule has 0 bridgehead atoms. The number of nitrogens with one attached hydrogen (secondary N) is 1. The van der Waals surface area contributed by atoms with Crippen molar-refractivity contribution in [2.45, 2.75) is 25.3 Å². The Morgan fingerprint density at radius 3 is 2.25 bits per heavy atom. The van der Waals surface area contributed by atoms with Crippen LogP contribution in [0.2, 0.25) is 0 Å². The van der Waals surface area contributed by atoms with Crippen molar-refractivity contribution in [3.05, 3.63) is 35.1 Å². The molecule has 0 spiro atoms. The quantitative estimate of drug-likeness (QED) is 0.615. The number of nitrogens with two attached hydrogens (primary N) is 1. The molecule has 1 aliphatic rings. The molecule has 0 aliphatic heterocycles. The maximum absolute atomic E-state index is 13.4. The van der Waals surface area contributed by atoms with E-state index in [2.05, 4.69) is 5.43 Å². The lowest BCUT2D eigenvalue weighted by atomic mass is 10.0. The van der Waals surface area contributed by atoms with Crippen LogP contribution in [0.4, 0.5) is 13.2 Å². The van der Waals surface area contributed by atoms with Crippen molar-refractivity contribution in [2.75, 3.05) is 0 Å². The van der Waals surface area contributed by atoms with E-state index in [1.165, 1.54) is 0 Å². The van der Waals surface area contributed by atoms with Crippen LogP contribution < -0.4 is 11.3 Å². The maximum atomic E-state index is 13.4. The van der Waals surface area contributed by atoms with E-state index in [1.807, 2.05) is 0 Å². The van der Waals surface area contributed by atoms with Crippen molar-refractivity contribution in [2.24, 2.45) is 11.8 Å². The molecule has 2 rings (SSSR count). The molecule has 88 valence electrons. The van der Waals surface area contributed by atoms with Crippen molar-refractivity contribution < 1.29 is 13.2 Å². The molecule has 0 heterocycles. The SMILES string of the molecule is NNC(CC1CC1)c1c(F)cc(F)cc1F. The molecule has 5 heteroatoms. The van der Waals surface area contributed by atoms with Crippen LogP contribution in [-0.2, 0) is 0 Å². The van der Waals surface area contributed by atoms with Crippen molar-refractivity contribution in [3.63, 3.8) is 0 Å². The summed E-state index contributed by atoms with van der Waals surface area (Å²) >= 11 is 0. The van der Waals surface area contributed by atoms with Crippen LogP contribution in [-0.4, -0.2) is 0 Å². The first-order chi connectivity index (χ1) is 7.61. The highest BCUT2D eigenvalue weighted by Gasteiger charge is 2.29. The monoisotopic (exact) mass is 230 g/mol. The highest BCUT2D eigenvalue weighted by molar-refractivity contribution is 5.24. The summed E-state index contributed by atoms with van der Waals surface area (Å²) in [5, 5.41) is 0. The van der Waals surface area contributed by atoms with Crippen molar-refractivity contribution >= 4 is 0 Å². The van der Waals surface area contributed by atoms with Crippen LogP contribution in [0.1, 0.15) is 30.9 Å². The Bertz CT molecular complexity index is 368. The van der Waals surface area contributed by atoms with Crippen molar-refractivity contribution in [1.82, 2.24) is 5.43 Å². The van der Waals surface area contributed by atoms with E-state index in [1.54, 1.807) is 0 Å². The van der Waals surface area contributed by atoms with E-state index >= 15 is 0 Å². The predicted molar refractivity (Wildman–Crippen MR) is 53.7 cm³/mol. The third kappa shape index (κ3) is 2.36. The van der Waals surface area contributed by atoms with Crippen LogP contribution in [0, 0.1) is 23.4 Å². The van der Waals surface area contributed by atoms with Gasteiger partial charge in [-0.3, -0.25) is 11.3 Å². The van der Waals surface area contributed by atoms with Gasteiger partial charge < -0.3 is 0 Å². The first kappa shape index (κ1) is 11.4. The number of hydrazine groups is 1. The second-order valence-corrected chi connectivity index (χ2v) is 4.18. The van der Waals surface area contributed by atoms with Gasteiger partial charge >= 0.3 is 0 Å². The maximum Gasteiger partial charge on any atom is 0.133 e. The van der Waals surface area contributed by atoms with E-state index in [0.29, 0.717) is 24.5 Å². The van der Waals surface area contributed by atoms with Gasteiger partial charge in [0.2, 0.25) is 0 Å². The summed E-state index contributed by atoms with van der Waals surface area (Å²) in [5.74, 6) is 3.05. The van der Waals surface area contributed by atoms with Gasteiger partial charge in [-0.15, -0.1) is 0 Å². The Morgan fingerprint density at radius 2 is 1.81 bits per heavy atom. The Balaban J connectivity index is 2.28. The summed E-state index contributed by atoms with van der Waals surface area (Å²) in [5.41, 5.74) is 2.22. The smallest absolute Gasteiger partial charge is 0.133 e. The molecule has 1 unspecified atom stereocenters. The fourth-order valence-electron chi connectivity index (χ4n) is 1.84. The van der Waals surface area contributed by atoms with Gasteiger partial charge in [0.05, 0.1) is 6.04 Å².